The van der Waals surface area contributed by atoms with Gasteiger partial charge in [0, 0.05) is 32.0 Å². The van der Waals surface area contributed by atoms with E-state index in [0.29, 0.717) is 18.8 Å². The molecule has 0 radical (unpaired) electrons. The molecule has 2 saturated heterocycles. The number of hydrogen-bond acceptors (Lipinski definition) is 5. The highest BCUT2D eigenvalue weighted by Gasteiger charge is 2.27. The molecule has 8 nitrogen and oxygen atoms in total. The lowest BCUT2D eigenvalue weighted by atomic mass is 10.2. The van der Waals surface area contributed by atoms with Gasteiger partial charge in [-0.3, -0.25) is 0 Å². The monoisotopic (exact) mass is 397 g/mol. The Bertz CT molecular complexity index is 725. The number of rotatable bonds is 7. The third-order valence-electron chi connectivity index (χ3n) is 4.85. The van der Waals surface area contributed by atoms with Crippen molar-refractivity contribution in [2.75, 3.05) is 38.7 Å². The minimum Gasteiger partial charge on any atom is -0.376 e. The predicted octanol–water partition coefficient (Wildman–Crippen LogP) is 1.79. The Hall–Kier alpha value is -1.68. The fourth-order valence-corrected chi connectivity index (χ4v) is 4.15. The SMILES string of the molecule is CNS(=O)(=O)c1cccc(NC(=O)N(CC2CCCO2)CC2CCCO2)c1. The Morgan fingerprint density at radius 3 is 2.30 bits per heavy atom. The summed E-state index contributed by atoms with van der Waals surface area (Å²) in [6.07, 6.45) is 3.95. The number of nitrogens with zero attached hydrogens (tertiary/aromatic N) is 1. The second kappa shape index (κ2) is 9.01. The van der Waals surface area contributed by atoms with E-state index in [1.165, 1.54) is 19.2 Å². The zero-order valence-corrected chi connectivity index (χ0v) is 16.3. The summed E-state index contributed by atoms with van der Waals surface area (Å²) in [6.45, 7) is 2.45. The Balaban J connectivity index is 1.70. The molecule has 9 heteroatoms. The van der Waals surface area contributed by atoms with E-state index in [9.17, 15) is 13.2 Å². The first-order valence-electron chi connectivity index (χ1n) is 9.30. The summed E-state index contributed by atoms with van der Waals surface area (Å²) < 4.78 is 37.6. The molecule has 2 atom stereocenters. The summed E-state index contributed by atoms with van der Waals surface area (Å²) in [5.74, 6) is 0. The highest BCUT2D eigenvalue weighted by Crippen LogP contribution is 2.19. The first kappa shape index (κ1) is 20.1. The van der Waals surface area contributed by atoms with Crippen molar-refractivity contribution in [3.05, 3.63) is 24.3 Å². The Kier molecular flexibility index (Phi) is 6.69. The maximum absolute atomic E-state index is 12.9. The van der Waals surface area contributed by atoms with E-state index in [1.807, 2.05) is 0 Å². The van der Waals surface area contributed by atoms with E-state index in [1.54, 1.807) is 17.0 Å². The molecule has 2 aliphatic heterocycles. The van der Waals surface area contributed by atoms with Crippen LogP contribution in [-0.2, 0) is 19.5 Å². The quantitative estimate of drug-likeness (QED) is 0.731. The number of hydrogen-bond donors (Lipinski definition) is 2. The zero-order chi connectivity index (χ0) is 19.3. The highest BCUT2D eigenvalue weighted by molar-refractivity contribution is 7.89. The van der Waals surface area contributed by atoms with E-state index < -0.39 is 10.0 Å². The minimum absolute atomic E-state index is 0.0353. The van der Waals surface area contributed by atoms with Crippen LogP contribution < -0.4 is 10.0 Å². The van der Waals surface area contributed by atoms with Gasteiger partial charge in [0.2, 0.25) is 10.0 Å². The van der Waals surface area contributed by atoms with Crippen molar-refractivity contribution < 1.29 is 22.7 Å². The van der Waals surface area contributed by atoms with Crippen molar-refractivity contribution in [3.8, 4) is 0 Å². The van der Waals surface area contributed by atoms with Crippen LogP contribution in [0.5, 0.6) is 0 Å². The van der Waals surface area contributed by atoms with Gasteiger partial charge in [0.15, 0.2) is 0 Å². The number of carbonyl (C=O) groups is 1. The molecule has 2 unspecified atom stereocenters. The van der Waals surface area contributed by atoms with Gasteiger partial charge in [0.05, 0.1) is 17.1 Å². The van der Waals surface area contributed by atoms with Crippen LogP contribution in [0.4, 0.5) is 10.5 Å². The number of benzene rings is 1. The molecular formula is C18H27N3O5S. The fourth-order valence-electron chi connectivity index (χ4n) is 3.37. The topological polar surface area (TPSA) is 97.0 Å². The number of anilines is 1. The summed E-state index contributed by atoms with van der Waals surface area (Å²) in [5.41, 5.74) is 0.431. The molecule has 0 aliphatic carbocycles. The van der Waals surface area contributed by atoms with Gasteiger partial charge in [-0.25, -0.2) is 17.9 Å². The van der Waals surface area contributed by atoms with E-state index in [-0.39, 0.29) is 23.1 Å². The van der Waals surface area contributed by atoms with E-state index in [4.69, 9.17) is 9.47 Å². The Morgan fingerprint density at radius 1 is 1.15 bits per heavy atom. The highest BCUT2D eigenvalue weighted by atomic mass is 32.2. The molecule has 0 bridgehead atoms. The van der Waals surface area contributed by atoms with Crippen LogP contribution >= 0.6 is 0 Å². The average molecular weight is 397 g/mol. The van der Waals surface area contributed by atoms with Gasteiger partial charge in [0.1, 0.15) is 0 Å². The molecule has 0 saturated carbocycles. The van der Waals surface area contributed by atoms with Gasteiger partial charge in [-0.1, -0.05) is 6.07 Å². The van der Waals surface area contributed by atoms with Crippen molar-refractivity contribution in [1.82, 2.24) is 9.62 Å². The molecule has 3 rings (SSSR count). The predicted molar refractivity (Wildman–Crippen MR) is 101 cm³/mol. The van der Waals surface area contributed by atoms with Crippen LogP contribution in [-0.4, -0.2) is 64.9 Å². The summed E-state index contributed by atoms with van der Waals surface area (Å²) in [7, 11) is -2.22. The molecule has 27 heavy (non-hydrogen) atoms. The molecular weight excluding hydrogens is 370 g/mol. The van der Waals surface area contributed by atoms with Gasteiger partial charge in [-0.05, 0) is 50.9 Å². The molecule has 1 aromatic rings. The first-order valence-corrected chi connectivity index (χ1v) is 10.8. The molecule has 0 spiro atoms. The van der Waals surface area contributed by atoms with Crippen LogP contribution in [0.2, 0.25) is 0 Å². The third-order valence-corrected chi connectivity index (χ3v) is 6.26. The molecule has 150 valence electrons. The van der Waals surface area contributed by atoms with Gasteiger partial charge in [-0.15, -0.1) is 0 Å². The normalized spacial score (nSPS) is 22.7. The third kappa shape index (κ3) is 5.41. The van der Waals surface area contributed by atoms with E-state index in [2.05, 4.69) is 10.0 Å². The van der Waals surface area contributed by atoms with E-state index in [0.717, 1.165) is 38.9 Å². The molecule has 2 N–H and O–H groups in total. The summed E-state index contributed by atoms with van der Waals surface area (Å²) in [5, 5.41) is 2.81. The van der Waals surface area contributed by atoms with Crippen molar-refractivity contribution >= 4 is 21.7 Å². The molecule has 2 heterocycles. The first-order chi connectivity index (χ1) is 13.0. The van der Waals surface area contributed by atoms with Crippen LogP contribution in [0.15, 0.2) is 29.2 Å². The van der Waals surface area contributed by atoms with Crippen molar-refractivity contribution in [1.29, 1.82) is 0 Å². The number of ether oxygens (including phenoxy) is 2. The second-order valence-corrected chi connectivity index (χ2v) is 8.73. The van der Waals surface area contributed by atoms with Crippen molar-refractivity contribution in [3.63, 3.8) is 0 Å². The van der Waals surface area contributed by atoms with Crippen molar-refractivity contribution in [2.24, 2.45) is 0 Å². The fraction of sp³-hybridized carbons (Fsp3) is 0.611. The smallest absolute Gasteiger partial charge is 0.322 e. The number of carbonyl (C=O) groups excluding carboxylic acids is 1. The Labute approximate surface area is 160 Å². The molecule has 2 fully saturated rings. The summed E-state index contributed by atoms with van der Waals surface area (Å²) in [6, 6.07) is 5.92. The summed E-state index contributed by atoms with van der Waals surface area (Å²) >= 11 is 0. The minimum atomic E-state index is -3.57. The standard InChI is InChI=1S/C18H27N3O5S/c1-19-27(23,24)17-8-2-5-14(11-17)20-18(22)21(12-15-6-3-9-25-15)13-16-7-4-10-26-16/h2,5,8,11,15-16,19H,3-4,6-7,9-10,12-13H2,1H3,(H,20,22). The van der Waals surface area contributed by atoms with E-state index >= 15 is 0 Å². The summed E-state index contributed by atoms with van der Waals surface area (Å²) in [4.78, 5) is 14.7. The number of amides is 2. The zero-order valence-electron chi connectivity index (χ0n) is 15.5. The molecule has 2 amide bonds. The van der Waals surface area contributed by atoms with Crippen LogP contribution in [0, 0.1) is 0 Å². The number of sulfonamides is 1. The van der Waals surface area contributed by atoms with Gasteiger partial charge >= 0.3 is 6.03 Å². The van der Waals surface area contributed by atoms with Crippen LogP contribution in [0.3, 0.4) is 0 Å². The maximum Gasteiger partial charge on any atom is 0.322 e. The lowest BCUT2D eigenvalue weighted by Crippen LogP contribution is -2.44. The van der Waals surface area contributed by atoms with Gasteiger partial charge in [-0.2, -0.15) is 0 Å². The van der Waals surface area contributed by atoms with Gasteiger partial charge in [0.25, 0.3) is 0 Å². The largest absolute Gasteiger partial charge is 0.376 e. The number of urea groups is 1. The Morgan fingerprint density at radius 2 is 1.78 bits per heavy atom. The lowest BCUT2D eigenvalue weighted by Gasteiger charge is -2.28. The number of nitrogens with one attached hydrogen (secondary N) is 2. The molecule has 1 aromatic carbocycles. The molecule has 2 aliphatic rings. The maximum atomic E-state index is 12.9. The van der Waals surface area contributed by atoms with Crippen LogP contribution in [0.25, 0.3) is 0 Å². The molecule has 0 aromatic heterocycles. The van der Waals surface area contributed by atoms with Gasteiger partial charge < -0.3 is 19.7 Å². The second-order valence-electron chi connectivity index (χ2n) is 6.84. The average Bonchev–Trinajstić information content (AvgIpc) is 3.35. The van der Waals surface area contributed by atoms with Crippen LogP contribution in [0.1, 0.15) is 25.7 Å². The lowest BCUT2D eigenvalue weighted by molar-refractivity contribution is 0.0524. The van der Waals surface area contributed by atoms with Crippen molar-refractivity contribution in [2.45, 2.75) is 42.8 Å².